The van der Waals surface area contributed by atoms with Crippen molar-refractivity contribution in [3.05, 3.63) is 29.8 Å². The first-order valence-electron chi connectivity index (χ1n) is 6.19. The molecule has 0 aliphatic rings. The lowest BCUT2D eigenvalue weighted by Gasteiger charge is -2.16. The molecule has 0 bridgehead atoms. The fourth-order valence-corrected chi connectivity index (χ4v) is 1.74. The van der Waals surface area contributed by atoms with Crippen molar-refractivity contribution in [3.63, 3.8) is 0 Å². The standard InChI is InChI=1S/C14H20ClNO2/c1-3-4-8-18-13-7-5-6-12(9-13)11-16(2)14(17)10-15/h5-7,9H,3-4,8,10-11H2,1-2H3. The van der Waals surface area contributed by atoms with Gasteiger partial charge in [0.15, 0.2) is 0 Å². The molecule has 0 aromatic heterocycles. The summed E-state index contributed by atoms with van der Waals surface area (Å²) >= 11 is 5.51. The topological polar surface area (TPSA) is 29.5 Å². The van der Waals surface area contributed by atoms with Gasteiger partial charge in [-0.3, -0.25) is 4.79 Å². The maximum absolute atomic E-state index is 11.4. The number of alkyl halides is 1. The summed E-state index contributed by atoms with van der Waals surface area (Å²) in [6.07, 6.45) is 2.17. The molecule has 3 nitrogen and oxygen atoms in total. The van der Waals surface area contributed by atoms with Crippen LogP contribution in [0.1, 0.15) is 25.3 Å². The fourth-order valence-electron chi connectivity index (χ4n) is 1.53. The van der Waals surface area contributed by atoms with Crippen LogP contribution in [0.4, 0.5) is 0 Å². The molecule has 0 aliphatic heterocycles. The van der Waals surface area contributed by atoms with Crippen LogP contribution in [-0.2, 0) is 11.3 Å². The van der Waals surface area contributed by atoms with Crippen molar-refractivity contribution in [2.24, 2.45) is 0 Å². The third-order valence-electron chi connectivity index (χ3n) is 2.62. The number of amides is 1. The van der Waals surface area contributed by atoms with Crippen LogP contribution in [0.15, 0.2) is 24.3 Å². The average Bonchev–Trinajstić information content (AvgIpc) is 2.38. The SMILES string of the molecule is CCCCOc1cccc(CN(C)C(=O)CCl)c1. The molecule has 0 fully saturated rings. The Bertz CT molecular complexity index is 382. The summed E-state index contributed by atoms with van der Waals surface area (Å²) in [6, 6.07) is 7.82. The predicted molar refractivity (Wildman–Crippen MR) is 74.0 cm³/mol. The van der Waals surface area contributed by atoms with Gasteiger partial charge in [-0.2, -0.15) is 0 Å². The Morgan fingerprint density at radius 3 is 2.89 bits per heavy atom. The second kappa shape index (κ2) is 7.98. The van der Waals surface area contributed by atoms with E-state index in [1.807, 2.05) is 24.3 Å². The molecule has 0 N–H and O–H groups in total. The zero-order chi connectivity index (χ0) is 13.4. The molecular formula is C14H20ClNO2. The summed E-state index contributed by atoms with van der Waals surface area (Å²) < 4.78 is 5.63. The van der Waals surface area contributed by atoms with Crippen molar-refractivity contribution in [1.82, 2.24) is 4.90 Å². The molecule has 0 aliphatic carbocycles. The van der Waals surface area contributed by atoms with Crippen molar-refractivity contribution in [2.75, 3.05) is 19.5 Å². The van der Waals surface area contributed by atoms with Crippen LogP contribution in [0.2, 0.25) is 0 Å². The number of hydrogen-bond donors (Lipinski definition) is 0. The van der Waals surface area contributed by atoms with Gasteiger partial charge < -0.3 is 9.64 Å². The van der Waals surface area contributed by atoms with E-state index in [0.29, 0.717) is 6.54 Å². The van der Waals surface area contributed by atoms with E-state index in [-0.39, 0.29) is 11.8 Å². The van der Waals surface area contributed by atoms with Crippen LogP contribution in [0.5, 0.6) is 5.75 Å². The molecular weight excluding hydrogens is 250 g/mol. The van der Waals surface area contributed by atoms with Crippen LogP contribution >= 0.6 is 11.6 Å². The summed E-state index contributed by atoms with van der Waals surface area (Å²) in [4.78, 5) is 13.0. The lowest BCUT2D eigenvalue weighted by molar-refractivity contribution is -0.127. The Morgan fingerprint density at radius 1 is 1.44 bits per heavy atom. The Morgan fingerprint density at radius 2 is 2.22 bits per heavy atom. The van der Waals surface area contributed by atoms with Gasteiger partial charge in [0.2, 0.25) is 5.91 Å². The summed E-state index contributed by atoms with van der Waals surface area (Å²) in [5.41, 5.74) is 1.05. The molecule has 100 valence electrons. The molecule has 4 heteroatoms. The zero-order valence-electron chi connectivity index (χ0n) is 11.0. The Hall–Kier alpha value is -1.22. The lowest BCUT2D eigenvalue weighted by Crippen LogP contribution is -2.27. The monoisotopic (exact) mass is 269 g/mol. The van der Waals surface area contributed by atoms with Crippen LogP contribution in [0.3, 0.4) is 0 Å². The van der Waals surface area contributed by atoms with Crippen LogP contribution in [0, 0.1) is 0 Å². The van der Waals surface area contributed by atoms with Gasteiger partial charge in [-0.1, -0.05) is 25.5 Å². The molecule has 0 heterocycles. The number of benzene rings is 1. The molecule has 0 radical (unpaired) electrons. The highest BCUT2D eigenvalue weighted by Crippen LogP contribution is 2.15. The lowest BCUT2D eigenvalue weighted by atomic mass is 10.2. The zero-order valence-corrected chi connectivity index (χ0v) is 11.7. The van der Waals surface area contributed by atoms with Gasteiger partial charge in [-0.15, -0.1) is 11.6 Å². The molecule has 0 spiro atoms. The molecule has 0 atom stereocenters. The first-order valence-corrected chi connectivity index (χ1v) is 6.72. The number of carbonyl (C=O) groups excluding carboxylic acids is 1. The largest absolute Gasteiger partial charge is 0.494 e. The van der Waals surface area contributed by atoms with E-state index in [9.17, 15) is 4.79 Å². The van der Waals surface area contributed by atoms with Gasteiger partial charge in [0, 0.05) is 13.6 Å². The predicted octanol–water partition coefficient (Wildman–Crippen LogP) is 3.06. The second-order valence-corrected chi connectivity index (χ2v) is 4.50. The van der Waals surface area contributed by atoms with E-state index in [2.05, 4.69) is 6.92 Å². The van der Waals surface area contributed by atoms with E-state index >= 15 is 0 Å². The minimum absolute atomic E-state index is 0.0171. The van der Waals surface area contributed by atoms with Gasteiger partial charge in [0.05, 0.1) is 6.61 Å². The second-order valence-electron chi connectivity index (χ2n) is 4.23. The minimum Gasteiger partial charge on any atom is -0.494 e. The van der Waals surface area contributed by atoms with Gasteiger partial charge in [-0.05, 0) is 24.1 Å². The third kappa shape index (κ3) is 4.96. The van der Waals surface area contributed by atoms with Crippen LogP contribution in [-0.4, -0.2) is 30.3 Å². The number of hydrogen-bond acceptors (Lipinski definition) is 2. The molecule has 0 saturated heterocycles. The number of rotatable bonds is 7. The summed E-state index contributed by atoms with van der Waals surface area (Å²) in [5.74, 6) is 0.796. The quantitative estimate of drug-likeness (QED) is 0.562. The molecule has 1 amide bonds. The van der Waals surface area contributed by atoms with E-state index in [1.165, 1.54) is 0 Å². The molecule has 1 aromatic carbocycles. The molecule has 0 saturated carbocycles. The van der Waals surface area contributed by atoms with Crippen molar-refractivity contribution in [1.29, 1.82) is 0 Å². The van der Waals surface area contributed by atoms with Crippen molar-refractivity contribution < 1.29 is 9.53 Å². The molecule has 18 heavy (non-hydrogen) atoms. The van der Waals surface area contributed by atoms with Gasteiger partial charge >= 0.3 is 0 Å². The van der Waals surface area contributed by atoms with Crippen molar-refractivity contribution >= 4 is 17.5 Å². The number of ether oxygens (including phenoxy) is 1. The van der Waals surface area contributed by atoms with E-state index in [4.69, 9.17) is 16.3 Å². The number of carbonyl (C=O) groups is 1. The molecule has 0 unspecified atom stereocenters. The van der Waals surface area contributed by atoms with Gasteiger partial charge in [0.1, 0.15) is 11.6 Å². The number of nitrogens with zero attached hydrogens (tertiary/aromatic N) is 1. The van der Waals surface area contributed by atoms with Crippen molar-refractivity contribution in [3.8, 4) is 5.75 Å². The van der Waals surface area contributed by atoms with Crippen molar-refractivity contribution in [2.45, 2.75) is 26.3 Å². The Labute approximate surface area is 114 Å². The number of unbranched alkanes of at least 4 members (excludes halogenated alkanes) is 1. The van der Waals surface area contributed by atoms with Crippen LogP contribution < -0.4 is 4.74 Å². The first kappa shape index (κ1) is 14.8. The highest BCUT2D eigenvalue weighted by Gasteiger charge is 2.07. The Balaban J connectivity index is 2.56. The normalized spacial score (nSPS) is 10.2. The summed E-state index contributed by atoms with van der Waals surface area (Å²) in [7, 11) is 1.75. The average molecular weight is 270 g/mol. The first-order chi connectivity index (χ1) is 8.67. The smallest absolute Gasteiger partial charge is 0.237 e. The van der Waals surface area contributed by atoms with Gasteiger partial charge in [-0.25, -0.2) is 0 Å². The van der Waals surface area contributed by atoms with E-state index in [1.54, 1.807) is 11.9 Å². The minimum atomic E-state index is -0.0750. The molecule has 1 aromatic rings. The molecule has 1 rings (SSSR count). The summed E-state index contributed by atoms with van der Waals surface area (Å²) in [6.45, 7) is 3.42. The van der Waals surface area contributed by atoms with E-state index < -0.39 is 0 Å². The fraction of sp³-hybridized carbons (Fsp3) is 0.500. The third-order valence-corrected chi connectivity index (χ3v) is 2.85. The Kier molecular flexibility index (Phi) is 6.58. The van der Waals surface area contributed by atoms with Gasteiger partial charge in [0.25, 0.3) is 0 Å². The highest BCUT2D eigenvalue weighted by atomic mass is 35.5. The highest BCUT2D eigenvalue weighted by molar-refractivity contribution is 6.27. The number of halogens is 1. The maximum Gasteiger partial charge on any atom is 0.237 e. The van der Waals surface area contributed by atoms with E-state index in [0.717, 1.165) is 30.8 Å². The summed E-state index contributed by atoms with van der Waals surface area (Å²) in [5, 5.41) is 0. The van der Waals surface area contributed by atoms with Crippen LogP contribution in [0.25, 0.3) is 0 Å². The maximum atomic E-state index is 11.4.